The summed E-state index contributed by atoms with van der Waals surface area (Å²) in [6, 6.07) is 0.510. The molecule has 13 heteroatoms. The molecular weight excluding hydrogens is 469 g/mol. The van der Waals surface area contributed by atoms with Crippen molar-refractivity contribution in [1.29, 1.82) is 0 Å². The van der Waals surface area contributed by atoms with E-state index in [0.717, 1.165) is 6.92 Å². The second-order valence-electron chi connectivity index (χ2n) is 6.94. The van der Waals surface area contributed by atoms with Crippen molar-refractivity contribution in [3.8, 4) is 5.75 Å². The monoisotopic (exact) mass is 490 g/mol. The topological polar surface area (TPSA) is 110 Å². The third-order valence-electron chi connectivity index (χ3n) is 4.87. The van der Waals surface area contributed by atoms with E-state index in [0.29, 0.717) is 0 Å². The van der Waals surface area contributed by atoms with Gasteiger partial charge in [-0.3, -0.25) is 0 Å². The molecule has 0 saturated heterocycles. The zero-order valence-corrected chi connectivity index (χ0v) is 17.1. The summed E-state index contributed by atoms with van der Waals surface area (Å²) < 4.78 is 97.3. The van der Waals surface area contributed by atoms with Crippen LogP contribution in [0.4, 0.5) is 30.9 Å². The maximum Gasteiger partial charge on any atom is 0.411 e. The van der Waals surface area contributed by atoms with E-state index >= 15 is 0 Å². The second-order valence-corrected chi connectivity index (χ2v) is 6.94. The van der Waals surface area contributed by atoms with E-state index < -0.39 is 83.5 Å². The molecule has 0 aliphatic heterocycles. The fraction of sp³-hybridized carbons (Fsp3) is 0.400. The van der Waals surface area contributed by atoms with E-state index in [4.69, 9.17) is 0 Å². The van der Waals surface area contributed by atoms with Crippen molar-refractivity contribution in [2.75, 3.05) is 13.2 Å². The van der Waals surface area contributed by atoms with E-state index in [2.05, 4.69) is 11.5 Å². The number of rotatable bonds is 9. The summed E-state index contributed by atoms with van der Waals surface area (Å²) in [5.41, 5.74) is -10.8. The zero-order valence-electron chi connectivity index (χ0n) is 17.1. The van der Waals surface area contributed by atoms with E-state index in [1.807, 2.05) is 0 Å². The SMILES string of the molecule is C=C(/C=C(CO)\C(O)=C(/C)COF)C(c1cc(CO)c(O)c(CO)c1)(C(F)(F)F)C(F)(F)F. The van der Waals surface area contributed by atoms with Crippen LogP contribution in [0.2, 0.25) is 0 Å². The van der Waals surface area contributed by atoms with E-state index in [9.17, 15) is 56.4 Å². The highest BCUT2D eigenvalue weighted by Gasteiger charge is 2.72. The number of halogens is 7. The van der Waals surface area contributed by atoms with Crippen molar-refractivity contribution < 1.29 is 61.3 Å². The van der Waals surface area contributed by atoms with Gasteiger partial charge in [0.05, 0.1) is 19.8 Å². The standard InChI is InChI=1S/C20H21F7O6/c1-10(9-33-27)16(31)12(6-28)3-11(2)18(19(21,22)23,20(24,25)26)15-4-13(7-29)17(32)14(5-15)8-30/h3-5,28-32H,2,6-9H2,1H3/b12-3-,16-10-. The Kier molecular flexibility index (Phi) is 9.08. The number of aliphatic hydroxyl groups excluding tert-OH is 4. The largest absolute Gasteiger partial charge is 0.508 e. The minimum atomic E-state index is -6.12. The molecule has 0 bridgehead atoms. The first kappa shape index (κ1) is 28.4. The van der Waals surface area contributed by atoms with Crippen LogP contribution in [0, 0.1) is 0 Å². The van der Waals surface area contributed by atoms with Crippen LogP contribution < -0.4 is 0 Å². The number of alkyl halides is 6. The highest BCUT2D eigenvalue weighted by molar-refractivity contribution is 5.53. The van der Waals surface area contributed by atoms with Crippen LogP contribution in [0.25, 0.3) is 0 Å². The lowest BCUT2D eigenvalue weighted by Crippen LogP contribution is -2.55. The molecule has 6 nitrogen and oxygen atoms in total. The number of allylic oxidation sites excluding steroid dienone is 2. The fourth-order valence-electron chi connectivity index (χ4n) is 3.19. The predicted molar refractivity (Wildman–Crippen MR) is 100 cm³/mol. The summed E-state index contributed by atoms with van der Waals surface area (Å²) in [5, 5.41) is 47.8. The average molecular weight is 490 g/mol. The van der Waals surface area contributed by atoms with Crippen molar-refractivity contribution in [3.63, 3.8) is 0 Å². The first-order chi connectivity index (χ1) is 15.1. The Bertz CT molecular complexity index is 893. The maximum absolute atomic E-state index is 14.2. The van der Waals surface area contributed by atoms with Crippen LogP contribution in [0.3, 0.4) is 0 Å². The maximum atomic E-state index is 14.2. The van der Waals surface area contributed by atoms with Gasteiger partial charge in [0.1, 0.15) is 18.1 Å². The number of aromatic hydroxyl groups is 1. The summed E-state index contributed by atoms with van der Waals surface area (Å²) in [6.07, 6.45) is -12.1. The van der Waals surface area contributed by atoms with Crippen molar-refractivity contribution in [2.24, 2.45) is 0 Å². The Morgan fingerprint density at radius 1 is 1.00 bits per heavy atom. The van der Waals surface area contributed by atoms with Crippen molar-refractivity contribution >= 4 is 0 Å². The van der Waals surface area contributed by atoms with Gasteiger partial charge in [-0.15, -0.1) is 0 Å². The minimum absolute atomic E-state index is 0.141. The van der Waals surface area contributed by atoms with Crippen LogP contribution in [0.5, 0.6) is 5.75 Å². The molecule has 0 aromatic heterocycles. The molecule has 0 fully saturated rings. The highest BCUT2D eigenvalue weighted by atomic mass is 19.4. The molecule has 0 aliphatic carbocycles. The van der Waals surface area contributed by atoms with Crippen molar-refractivity contribution in [1.82, 2.24) is 0 Å². The quantitative estimate of drug-likeness (QED) is 0.204. The van der Waals surface area contributed by atoms with Crippen LogP contribution in [0.1, 0.15) is 23.6 Å². The normalized spacial score (nSPS) is 14.3. The number of benzene rings is 1. The van der Waals surface area contributed by atoms with Gasteiger partial charge in [0.2, 0.25) is 5.41 Å². The third kappa shape index (κ3) is 5.32. The lowest BCUT2D eigenvalue weighted by Gasteiger charge is -2.39. The molecule has 186 valence electrons. The van der Waals surface area contributed by atoms with Crippen LogP contribution in [-0.2, 0) is 23.6 Å². The number of phenols is 1. The minimum Gasteiger partial charge on any atom is -0.508 e. The van der Waals surface area contributed by atoms with E-state index in [1.54, 1.807) is 0 Å². The lowest BCUT2D eigenvalue weighted by molar-refractivity contribution is -0.288. The number of aliphatic hydroxyl groups is 4. The molecule has 1 aromatic carbocycles. The Hall–Kier alpha value is -2.61. The van der Waals surface area contributed by atoms with Gasteiger partial charge in [-0.1, -0.05) is 6.58 Å². The van der Waals surface area contributed by atoms with Gasteiger partial charge in [-0.05, 0) is 46.4 Å². The first-order valence-electron chi connectivity index (χ1n) is 8.97. The lowest BCUT2D eigenvalue weighted by atomic mass is 9.71. The second kappa shape index (κ2) is 10.5. The molecule has 0 atom stereocenters. The van der Waals surface area contributed by atoms with Crippen molar-refractivity contribution in [3.05, 3.63) is 64.0 Å². The Labute approximate surface area is 183 Å². The number of hydrogen-bond donors (Lipinski definition) is 5. The smallest absolute Gasteiger partial charge is 0.411 e. The van der Waals surface area contributed by atoms with E-state index in [1.165, 1.54) is 0 Å². The molecule has 1 aromatic rings. The first-order valence-corrected chi connectivity index (χ1v) is 8.97. The molecule has 1 rings (SSSR count). The van der Waals surface area contributed by atoms with Crippen LogP contribution in [-0.4, -0.2) is 51.1 Å². The van der Waals surface area contributed by atoms with Crippen molar-refractivity contribution in [2.45, 2.75) is 37.9 Å². The van der Waals surface area contributed by atoms with E-state index in [-0.39, 0.29) is 23.8 Å². The fourth-order valence-corrected chi connectivity index (χ4v) is 3.19. The molecular formula is C20H21F7O6. The highest BCUT2D eigenvalue weighted by Crippen LogP contribution is 2.57. The van der Waals surface area contributed by atoms with Gasteiger partial charge in [-0.25, -0.2) is 0 Å². The van der Waals surface area contributed by atoms with Gasteiger partial charge in [0.15, 0.2) is 0 Å². The van der Waals surface area contributed by atoms with Gasteiger partial charge in [0, 0.05) is 16.7 Å². The zero-order chi connectivity index (χ0) is 25.8. The molecule has 5 N–H and O–H groups in total. The molecule has 0 aliphatic rings. The summed E-state index contributed by atoms with van der Waals surface area (Å²) in [4.78, 5) is 3.25. The summed E-state index contributed by atoms with van der Waals surface area (Å²) in [7, 11) is 0. The van der Waals surface area contributed by atoms with Gasteiger partial charge in [0.25, 0.3) is 0 Å². The number of hydrogen-bond acceptors (Lipinski definition) is 6. The van der Waals surface area contributed by atoms with Gasteiger partial charge in [-0.2, -0.15) is 31.3 Å². The van der Waals surface area contributed by atoms with Crippen LogP contribution >= 0.6 is 0 Å². The molecule has 0 saturated carbocycles. The van der Waals surface area contributed by atoms with Crippen LogP contribution in [0.15, 0.2) is 47.3 Å². The Balaban J connectivity index is 4.06. The Morgan fingerprint density at radius 2 is 1.45 bits per heavy atom. The molecule has 0 unspecified atom stereocenters. The summed E-state index contributed by atoms with van der Waals surface area (Å²) in [5.74, 6) is -1.92. The average Bonchev–Trinajstić information content (AvgIpc) is 2.70. The molecule has 33 heavy (non-hydrogen) atoms. The summed E-state index contributed by atoms with van der Waals surface area (Å²) in [6.45, 7) is -0.522. The molecule has 0 spiro atoms. The Morgan fingerprint density at radius 3 is 1.79 bits per heavy atom. The molecule has 0 radical (unpaired) electrons. The van der Waals surface area contributed by atoms with Gasteiger partial charge < -0.3 is 25.5 Å². The predicted octanol–water partition coefficient (Wildman–Crippen LogP) is 3.95. The summed E-state index contributed by atoms with van der Waals surface area (Å²) >= 11 is 0. The third-order valence-corrected chi connectivity index (χ3v) is 4.87. The molecule has 0 amide bonds. The van der Waals surface area contributed by atoms with Gasteiger partial charge >= 0.3 is 12.4 Å². The molecule has 0 heterocycles.